The summed E-state index contributed by atoms with van der Waals surface area (Å²) >= 11 is 1.24. The average molecular weight is 304 g/mol. The van der Waals surface area contributed by atoms with Gasteiger partial charge in [-0.1, -0.05) is 18.2 Å². The summed E-state index contributed by atoms with van der Waals surface area (Å²) in [6.45, 7) is 1.91. The molecular weight excluding hydrogens is 288 g/mol. The molecule has 0 bridgehead atoms. The number of amides is 1. The summed E-state index contributed by atoms with van der Waals surface area (Å²) in [7, 11) is 1.59. The maximum atomic E-state index is 12.0. The predicted octanol–water partition coefficient (Wildman–Crippen LogP) is 1.48. The highest BCUT2D eigenvalue weighted by molar-refractivity contribution is 7.11. The van der Waals surface area contributed by atoms with Crippen molar-refractivity contribution in [3.63, 3.8) is 0 Å². The molecular formula is C14H16N4O2S. The van der Waals surface area contributed by atoms with Gasteiger partial charge in [-0.2, -0.15) is 4.37 Å². The summed E-state index contributed by atoms with van der Waals surface area (Å²) in [6.07, 6.45) is 0. The van der Waals surface area contributed by atoms with Crippen molar-refractivity contribution in [2.75, 3.05) is 30.8 Å². The number of nitrogens with one attached hydrogen (secondary N) is 1. The Labute approximate surface area is 126 Å². The van der Waals surface area contributed by atoms with E-state index < -0.39 is 0 Å². The molecule has 6 nitrogen and oxygen atoms in total. The lowest BCUT2D eigenvalue weighted by Gasteiger charge is -2.20. The molecule has 0 aliphatic carbocycles. The number of para-hydroxylation sites is 1. The first-order chi connectivity index (χ1) is 10.2. The number of aromatic nitrogens is 1. The highest BCUT2D eigenvalue weighted by atomic mass is 32.1. The van der Waals surface area contributed by atoms with Gasteiger partial charge in [0.15, 0.2) is 5.82 Å². The van der Waals surface area contributed by atoms with Gasteiger partial charge in [0.25, 0.3) is 5.91 Å². The van der Waals surface area contributed by atoms with Crippen LogP contribution in [0.3, 0.4) is 0 Å². The van der Waals surface area contributed by atoms with E-state index >= 15 is 0 Å². The third kappa shape index (κ3) is 2.52. The molecule has 2 aromatic rings. The van der Waals surface area contributed by atoms with Gasteiger partial charge in [-0.05, 0) is 17.6 Å². The highest BCUT2D eigenvalue weighted by Crippen LogP contribution is 2.33. The molecule has 0 saturated carbocycles. The van der Waals surface area contributed by atoms with Crippen molar-refractivity contribution in [1.29, 1.82) is 0 Å². The molecule has 110 valence electrons. The Hall–Kier alpha value is -2.28. The summed E-state index contributed by atoms with van der Waals surface area (Å²) in [6, 6.07) is 7.92. The van der Waals surface area contributed by atoms with Crippen molar-refractivity contribution in [3.05, 3.63) is 35.4 Å². The van der Waals surface area contributed by atoms with Crippen LogP contribution in [0.25, 0.3) is 0 Å². The Bertz CT molecular complexity index is 671. The fourth-order valence-electron chi connectivity index (χ4n) is 2.35. The van der Waals surface area contributed by atoms with Crippen LogP contribution in [0.4, 0.5) is 10.8 Å². The number of rotatable bonds is 2. The van der Waals surface area contributed by atoms with E-state index in [1.807, 2.05) is 24.3 Å². The van der Waals surface area contributed by atoms with Gasteiger partial charge in [-0.3, -0.25) is 4.79 Å². The third-order valence-corrected chi connectivity index (χ3v) is 4.32. The summed E-state index contributed by atoms with van der Waals surface area (Å²) in [4.78, 5) is 14.1. The summed E-state index contributed by atoms with van der Waals surface area (Å²) in [5.74, 6) is 0.946. The third-order valence-electron chi connectivity index (χ3n) is 3.39. The van der Waals surface area contributed by atoms with E-state index in [4.69, 9.17) is 10.5 Å². The molecule has 1 aliphatic rings. The van der Waals surface area contributed by atoms with Crippen LogP contribution in [0.1, 0.15) is 15.9 Å². The van der Waals surface area contributed by atoms with Crippen LogP contribution < -0.4 is 20.7 Å². The fraction of sp³-hybridized carbons (Fsp3) is 0.286. The number of fused-ring (bicyclic) bond motifs is 1. The number of hydrogen-bond donors (Lipinski definition) is 2. The van der Waals surface area contributed by atoms with E-state index in [1.165, 1.54) is 11.5 Å². The second kappa shape index (κ2) is 5.61. The van der Waals surface area contributed by atoms with Gasteiger partial charge >= 0.3 is 0 Å². The maximum Gasteiger partial charge on any atom is 0.257 e. The zero-order valence-corrected chi connectivity index (χ0v) is 12.4. The zero-order valence-electron chi connectivity index (χ0n) is 11.6. The topological polar surface area (TPSA) is 80.5 Å². The molecule has 0 spiro atoms. The second-order valence-corrected chi connectivity index (χ2v) is 5.46. The summed E-state index contributed by atoms with van der Waals surface area (Å²) in [5, 5.41) is 3.40. The van der Waals surface area contributed by atoms with E-state index in [0.29, 0.717) is 25.3 Å². The monoisotopic (exact) mass is 304 g/mol. The molecule has 3 rings (SSSR count). The lowest BCUT2D eigenvalue weighted by Crippen LogP contribution is -2.28. The van der Waals surface area contributed by atoms with E-state index in [-0.39, 0.29) is 11.7 Å². The highest BCUT2D eigenvalue weighted by Gasteiger charge is 2.25. The molecule has 0 atom stereocenters. The van der Waals surface area contributed by atoms with Crippen molar-refractivity contribution in [1.82, 2.24) is 9.69 Å². The minimum Gasteiger partial charge on any atom is -0.491 e. The van der Waals surface area contributed by atoms with Crippen molar-refractivity contribution in [2.24, 2.45) is 0 Å². The smallest absolute Gasteiger partial charge is 0.257 e. The normalized spacial score (nSPS) is 14.0. The number of nitrogen functional groups attached to an aromatic ring is 1. The van der Waals surface area contributed by atoms with Gasteiger partial charge in [-0.25, -0.2) is 0 Å². The Morgan fingerprint density at radius 2 is 2.29 bits per heavy atom. The molecule has 21 heavy (non-hydrogen) atoms. The molecule has 3 N–H and O–H groups in total. The lowest BCUT2D eigenvalue weighted by atomic mass is 10.2. The first-order valence-electron chi connectivity index (χ1n) is 6.63. The molecule has 1 aromatic carbocycles. The van der Waals surface area contributed by atoms with Crippen LogP contribution in [0.5, 0.6) is 5.75 Å². The van der Waals surface area contributed by atoms with E-state index in [2.05, 4.69) is 14.6 Å². The van der Waals surface area contributed by atoms with Crippen molar-refractivity contribution < 1.29 is 9.53 Å². The van der Waals surface area contributed by atoms with Gasteiger partial charge in [-0.15, -0.1) is 0 Å². The largest absolute Gasteiger partial charge is 0.491 e. The van der Waals surface area contributed by atoms with Crippen LogP contribution in [-0.2, 0) is 6.54 Å². The summed E-state index contributed by atoms with van der Waals surface area (Å²) < 4.78 is 9.87. The number of carbonyl (C=O) groups is 1. The standard InChI is InChI=1S/C14H16N4O2S/c1-16-13(19)11-12(15)17-21-14(11)18-6-7-20-10-5-3-2-4-9(10)8-18/h2-5H,6-8H2,1H3,(H2,15,17)(H,16,19). The van der Waals surface area contributed by atoms with E-state index in [1.54, 1.807) is 7.05 Å². The zero-order chi connectivity index (χ0) is 14.8. The molecule has 0 saturated heterocycles. The number of carbonyl (C=O) groups excluding carboxylic acids is 1. The van der Waals surface area contributed by atoms with Crippen LogP contribution >= 0.6 is 11.5 Å². The van der Waals surface area contributed by atoms with Gasteiger partial charge in [0.05, 0.1) is 6.54 Å². The van der Waals surface area contributed by atoms with Gasteiger partial charge in [0, 0.05) is 19.2 Å². The Balaban J connectivity index is 1.96. The molecule has 7 heteroatoms. The number of hydrogen-bond acceptors (Lipinski definition) is 6. The Kier molecular flexibility index (Phi) is 3.66. The van der Waals surface area contributed by atoms with E-state index in [0.717, 1.165) is 16.3 Å². The number of ether oxygens (including phenoxy) is 1. The molecule has 1 aliphatic heterocycles. The fourth-order valence-corrected chi connectivity index (χ4v) is 3.18. The van der Waals surface area contributed by atoms with Crippen molar-refractivity contribution in [3.8, 4) is 5.75 Å². The summed E-state index contributed by atoms with van der Waals surface area (Å²) in [5.41, 5.74) is 7.37. The predicted molar refractivity (Wildman–Crippen MR) is 82.9 cm³/mol. The maximum absolute atomic E-state index is 12.0. The Morgan fingerprint density at radius 1 is 1.48 bits per heavy atom. The van der Waals surface area contributed by atoms with Crippen LogP contribution in [0, 0.1) is 0 Å². The number of nitrogens with zero attached hydrogens (tertiary/aromatic N) is 2. The van der Waals surface area contributed by atoms with Crippen LogP contribution in [-0.4, -0.2) is 30.5 Å². The molecule has 2 heterocycles. The first kappa shape index (κ1) is 13.7. The van der Waals surface area contributed by atoms with Crippen molar-refractivity contribution >= 4 is 28.3 Å². The molecule has 0 radical (unpaired) electrons. The first-order valence-corrected chi connectivity index (χ1v) is 7.41. The van der Waals surface area contributed by atoms with Crippen LogP contribution in [0.15, 0.2) is 24.3 Å². The Morgan fingerprint density at radius 3 is 3.10 bits per heavy atom. The van der Waals surface area contributed by atoms with Crippen molar-refractivity contribution in [2.45, 2.75) is 6.54 Å². The minimum atomic E-state index is -0.213. The molecule has 1 amide bonds. The molecule has 1 aromatic heterocycles. The molecule has 0 unspecified atom stereocenters. The second-order valence-electron chi connectivity index (χ2n) is 4.70. The number of benzene rings is 1. The number of anilines is 2. The molecule has 0 fully saturated rings. The van der Waals surface area contributed by atoms with Gasteiger partial charge < -0.3 is 20.7 Å². The quantitative estimate of drug-likeness (QED) is 0.878. The van der Waals surface area contributed by atoms with Gasteiger partial charge in [0.1, 0.15) is 22.9 Å². The number of nitrogens with two attached hydrogens (primary N) is 1. The average Bonchev–Trinajstić information content (AvgIpc) is 2.76. The van der Waals surface area contributed by atoms with E-state index in [9.17, 15) is 4.79 Å². The SMILES string of the molecule is CNC(=O)c1c(N)nsc1N1CCOc2ccccc2C1. The minimum absolute atomic E-state index is 0.213. The van der Waals surface area contributed by atoms with Crippen LogP contribution in [0.2, 0.25) is 0 Å². The van der Waals surface area contributed by atoms with Gasteiger partial charge in [0.2, 0.25) is 0 Å². The lowest BCUT2D eigenvalue weighted by molar-refractivity contribution is 0.0964.